The number of pyridine rings is 1. The highest BCUT2D eigenvalue weighted by Gasteiger charge is 2.13. The van der Waals surface area contributed by atoms with Gasteiger partial charge in [-0.1, -0.05) is 30.3 Å². The van der Waals surface area contributed by atoms with Gasteiger partial charge in [-0.3, -0.25) is 0 Å². The summed E-state index contributed by atoms with van der Waals surface area (Å²) in [5, 5.41) is 4.18. The van der Waals surface area contributed by atoms with Gasteiger partial charge in [0.2, 0.25) is 0 Å². The Morgan fingerprint density at radius 1 is 1.05 bits per heavy atom. The van der Waals surface area contributed by atoms with Crippen LogP contribution in [0.4, 0.5) is 5.82 Å². The highest BCUT2D eigenvalue weighted by molar-refractivity contribution is 6.19. The highest BCUT2D eigenvalue weighted by atomic mass is 16.4. The molecular formula is C17H12N2O2. The third kappa shape index (κ3) is 1.62. The number of hydrogen-bond donors (Lipinski definition) is 1. The van der Waals surface area contributed by atoms with E-state index in [1.165, 1.54) is 0 Å². The van der Waals surface area contributed by atoms with Gasteiger partial charge >= 0.3 is 5.63 Å². The van der Waals surface area contributed by atoms with Crippen LogP contribution in [-0.4, -0.2) is 4.98 Å². The van der Waals surface area contributed by atoms with Crippen LogP contribution in [0.1, 0.15) is 5.69 Å². The first-order chi connectivity index (χ1) is 10.1. The summed E-state index contributed by atoms with van der Waals surface area (Å²) < 4.78 is 5.43. The fourth-order valence-corrected chi connectivity index (χ4v) is 2.87. The molecule has 102 valence electrons. The zero-order chi connectivity index (χ0) is 14.6. The van der Waals surface area contributed by atoms with Crippen LogP contribution in [0.3, 0.4) is 0 Å². The van der Waals surface area contributed by atoms with Gasteiger partial charge in [0.25, 0.3) is 0 Å². The van der Waals surface area contributed by atoms with Crippen molar-refractivity contribution < 1.29 is 4.42 Å². The number of nitrogens with zero attached hydrogens (tertiary/aromatic N) is 1. The Labute approximate surface area is 119 Å². The Hall–Kier alpha value is -2.88. The first-order valence-corrected chi connectivity index (χ1v) is 6.66. The lowest BCUT2D eigenvalue weighted by atomic mass is 10.0. The van der Waals surface area contributed by atoms with Gasteiger partial charge in [0.05, 0.1) is 0 Å². The monoisotopic (exact) mass is 276 g/mol. The summed E-state index contributed by atoms with van der Waals surface area (Å²) in [6.07, 6.45) is 0. The second-order valence-electron chi connectivity index (χ2n) is 5.12. The normalized spacial score (nSPS) is 11.5. The van der Waals surface area contributed by atoms with Crippen LogP contribution >= 0.6 is 0 Å². The fraction of sp³-hybridized carbons (Fsp3) is 0.0588. The van der Waals surface area contributed by atoms with Gasteiger partial charge in [0, 0.05) is 16.5 Å². The standard InChI is InChI=1S/C17H12N2O2/c1-9-8-12-14-11-5-3-2-4-10(11)6-7-13(14)21-17(20)15(12)16(18)19-9/h2-8H,1H3,(H2,18,19). The van der Waals surface area contributed by atoms with E-state index in [1.807, 2.05) is 49.4 Å². The van der Waals surface area contributed by atoms with E-state index in [-0.39, 0.29) is 5.82 Å². The van der Waals surface area contributed by atoms with Crippen molar-refractivity contribution in [3.05, 3.63) is 58.6 Å². The van der Waals surface area contributed by atoms with Crippen LogP contribution in [0.15, 0.2) is 51.7 Å². The van der Waals surface area contributed by atoms with Crippen molar-refractivity contribution in [2.75, 3.05) is 5.73 Å². The lowest BCUT2D eigenvalue weighted by Gasteiger charge is -2.08. The fourth-order valence-electron chi connectivity index (χ4n) is 2.87. The van der Waals surface area contributed by atoms with Gasteiger partial charge in [0.1, 0.15) is 16.8 Å². The molecule has 4 nitrogen and oxygen atoms in total. The molecule has 4 rings (SSSR count). The molecule has 21 heavy (non-hydrogen) atoms. The molecule has 0 fully saturated rings. The first-order valence-electron chi connectivity index (χ1n) is 6.66. The van der Waals surface area contributed by atoms with E-state index in [0.29, 0.717) is 11.0 Å². The van der Waals surface area contributed by atoms with Crippen molar-refractivity contribution in [3.8, 4) is 0 Å². The number of benzene rings is 2. The van der Waals surface area contributed by atoms with Gasteiger partial charge in [-0.2, -0.15) is 0 Å². The average Bonchev–Trinajstić information content (AvgIpc) is 2.45. The van der Waals surface area contributed by atoms with E-state index in [4.69, 9.17) is 10.2 Å². The third-order valence-corrected chi connectivity index (χ3v) is 3.74. The molecule has 2 N–H and O–H groups in total. The molecule has 0 aliphatic heterocycles. The smallest absolute Gasteiger partial charge is 0.347 e. The van der Waals surface area contributed by atoms with Gasteiger partial charge in [-0.05, 0) is 29.8 Å². The largest absolute Gasteiger partial charge is 0.422 e. The van der Waals surface area contributed by atoms with Crippen molar-refractivity contribution in [2.24, 2.45) is 0 Å². The third-order valence-electron chi connectivity index (χ3n) is 3.74. The molecule has 0 amide bonds. The summed E-state index contributed by atoms with van der Waals surface area (Å²) in [4.78, 5) is 16.3. The Morgan fingerprint density at radius 2 is 1.86 bits per heavy atom. The number of nitrogen functional groups attached to an aromatic ring is 1. The summed E-state index contributed by atoms with van der Waals surface area (Å²) in [6.45, 7) is 1.86. The maximum Gasteiger partial charge on any atom is 0.347 e. The van der Waals surface area contributed by atoms with E-state index in [9.17, 15) is 4.79 Å². The molecule has 2 heterocycles. The van der Waals surface area contributed by atoms with Crippen molar-refractivity contribution >= 4 is 38.3 Å². The number of aromatic nitrogens is 1. The number of hydrogen-bond acceptors (Lipinski definition) is 4. The van der Waals surface area contributed by atoms with E-state index in [1.54, 1.807) is 0 Å². The first kappa shape index (κ1) is 11.9. The molecule has 0 aliphatic rings. The SMILES string of the molecule is Cc1cc2c(c(N)n1)c(=O)oc1ccc3ccccc3c12. The molecule has 4 aromatic rings. The predicted molar refractivity (Wildman–Crippen MR) is 84.4 cm³/mol. The van der Waals surface area contributed by atoms with Crippen LogP contribution in [0.25, 0.3) is 32.5 Å². The summed E-state index contributed by atoms with van der Waals surface area (Å²) in [5.41, 5.74) is 6.82. The second-order valence-corrected chi connectivity index (χ2v) is 5.12. The second kappa shape index (κ2) is 4.06. The molecule has 0 atom stereocenters. The lowest BCUT2D eigenvalue weighted by Crippen LogP contribution is -2.06. The molecule has 0 spiro atoms. The molecule has 2 aromatic carbocycles. The van der Waals surface area contributed by atoms with Crippen LogP contribution < -0.4 is 11.4 Å². The Bertz CT molecular complexity index is 1080. The van der Waals surface area contributed by atoms with Gasteiger partial charge in [0.15, 0.2) is 0 Å². The minimum Gasteiger partial charge on any atom is -0.422 e. The topological polar surface area (TPSA) is 69.1 Å². The van der Waals surface area contributed by atoms with Crippen molar-refractivity contribution in [3.63, 3.8) is 0 Å². The van der Waals surface area contributed by atoms with Crippen molar-refractivity contribution in [1.29, 1.82) is 0 Å². The van der Waals surface area contributed by atoms with Gasteiger partial charge in [-0.15, -0.1) is 0 Å². The van der Waals surface area contributed by atoms with Crippen LogP contribution in [0, 0.1) is 6.92 Å². The minimum atomic E-state index is -0.446. The zero-order valence-corrected chi connectivity index (χ0v) is 11.4. The minimum absolute atomic E-state index is 0.216. The average molecular weight is 276 g/mol. The highest BCUT2D eigenvalue weighted by Crippen LogP contribution is 2.32. The summed E-state index contributed by atoms with van der Waals surface area (Å²) in [7, 11) is 0. The molecule has 0 bridgehead atoms. The lowest BCUT2D eigenvalue weighted by molar-refractivity contribution is 0.570. The molecule has 0 radical (unpaired) electrons. The molecular weight excluding hydrogens is 264 g/mol. The van der Waals surface area contributed by atoms with E-state index >= 15 is 0 Å². The number of rotatable bonds is 0. The van der Waals surface area contributed by atoms with Gasteiger partial charge in [-0.25, -0.2) is 9.78 Å². The Kier molecular flexibility index (Phi) is 2.30. The molecule has 4 heteroatoms. The van der Waals surface area contributed by atoms with E-state index < -0.39 is 5.63 Å². The van der Waals surface area contributed by atoms with E-state index in [0.717, 1.165) is 27.2 Å². The number of anilines is 1. The van der Waals surface area contributed by atoms with Crippen LogP contribution in [0.5, 0.6) is 0 Å². The van der Waals surface area contributed by atoms with E-state index in [2.05, 4.69) is 4.98 Å². The Morgan fingerprint density at radius 3 is 2.71 bits per heavy atom. The van der Waals surface area contributed by atoms with Crippen molar-refractivity contribution in [2.45, 2.75) is 6.92 Å². The molecule has 0 unspecified atom stereocenters. The zero-order valence-electron chi connectivity index (χ0n) is 11.4. The molecule has 0 saturated carbocycles. The van der Waals surface area contributed by atoms with Crippen LogP contribution in [0.2, 0.25) is 0 Å². The Balaban J connectivity index is 2.42. The van der Waals surface area contributed by atoms with Crippen molar-refractivity contribution in [1.82, 2.24) is 4.98 Å². The molecule has 2 aromatic heterocycles. The molecule has 0 aliphatic carbocycles. The number of aryl methyl sites for hydroxylation is 1. The number of nitrogens with two attached hydrogens (primary N) is 1. The maximum atomic E-state index is 12.2. The summed E-state index contributed by atoms with van der Waals surface area (Å²) in [6, 6.07) is 13.7. The van der Waals surface area contributed by atoms with Crippen LogP contribution in [-0.2, 0) is 0 Å². The molecule has 0 saturated heterocycles. The predicted octanol–water partition coefficient (Wildman–Crippen LogP) is 3.39. The summed E-state index contributed by atoms with van der Waals surface area (Å²) >= 11 is 0. The number of fused-ring (bicyclic) bond motifs is 5. The summed E-state index contributed by atoms with van der Waals surface area (Å²) in [5.74, 6) is 0.216. The quantitative estimate of drug-likeness (QED) is 0.395. The van der Waals surface area contributed by atoms with Gasteiger partial charge < -0.3 is 10.2 Å². The maximum absolute atomic E-state index is 12.2.